The molecule has 0 aliphatic carbocycles. The van der Waals surface area contributed by atoms with Gasteiger partial charge in [-0.3, -0.25) is 4.79 Å². The van der Waals surface area contributed by atoms with Gasteiger partial charge in [-0.2, -0.15) is 0 Å². The lowest BCUT2D eigenvalue weighted by Gasteiger charge is -2.31. The zero-order valence-corrected chi connectivity index (χ0v) is 18.5. The molecule has 2 aromatic rings. The van der Waals surface area contributed by atoms with Gasteiger partial charge in [0.15, 0.2) is 0 Å². The van der Waals surface area contributed by atoms with E-state index in [4.69, 9.17) is 0 Å². The molecule has 1 aliphatic heterocycles. The highest BCUT2D eigenvalue weighted by molar-refractivity contribution is 9.10. The Kier molecular flexibility index (Phi) is 7.08. The van der Waals surface area contributed by atoms with Crippen molar-refractivity contribution in [1.82, 2.24) is 9.62 Å². The normalized spacial score (nSPS) is 17.1. The summed E-state index contributed by atoms with van der Waals surface area (Å²) in [5.41, 5.74) is 1.57. The molecule has 1 aliphatic rings. The van der Waals surface area contributed by atoms with Crippen LogP contribution in [0.15, 0.2) is 53.0 Å². The molecule has 1 saturated heterocycles. The lowest BCUT2D eigenvalue weighted by Crippen LogP contribution is -2.43. The second kappa shape index (κ2) is 9.36. The third kappa shape index (κ3) is 5.87. The second-order valence-corrected chi connectivity index (χ2v) is 10.2. The fourth-order valence-electron chi connectivity index (χ4n) is 3.44. The zero-order chi connectivity index (χ0) is 21.0. The lowest BCUT2D eigenvalue weighted by molar-refractivity contribution is -0.126. The number of sulfonamides is 1. The van der Waals surface area contributed by atoms with Gasteiger partial charge in [-0.25, -0.2) is 17.1 Å². The Morgan fingerprint density at radius 2 is 1.72 bits per heavy atom. The van der Waals surface area contributed by atoms with Gasteiger partial charge in [0.1, 0.15) is 5.82 Å². The molecule has 1 atom stereocenters. The Morgan fingerprint density at radius 1 is 1.14 bits per heavy atom. The molecule has 156 valence electrons. The van der Waals surface area contributed by atoms with Crippen LogP contribution in [0.25, 0.3) is 0 Å². The number of benzene rings is 2. The molecule has 2 aromatic carbocycles. The number of carbonyl (C=O) groups is 1. The first-order chi connectivity index (χ1) is 13.7. The van der Waals surface area contributed by atoms with E-state index in [9.17, 15) is 17.6 Å². The van der Waals surface area contributed by atoms with Crippen LogP contribution in [-0.4, -0.2) is 31.7 Å². The smallest absolute Gasteiger partial charge is 0.223 e. The number of hydrogen-bond acceptors (Lipinski definition) is 3. The summed E-state index contributed by atoms with van der Waals surface area (Å²) in [6.07, 6.45) is 0.975. The number of halogens is 2. The molecule has 0 radical (unpaired) electrons. The van der Waals surface area contributed by atoms with Crippen LogP contribution in [-0.2, 0) is 20.6 Å². The average Bonchev–Trinajstić information content (AvgIpc) is 2.70. The van der Waals surface area contributed by atoms with Crippen molar-refractivity contribution in [1.29, 1.82) is 0 Å². The van der Waals surface area contributed by atoms with E-state index >= 15 is 0 Å². The zero-order valence-electron chi connectivity index (χ0n) is 16.1. The largest absolute Gasteiger partial charge is 0.349 e. The summed E-state index contributed by atoms with van der Waals surface area (Å²) >= 11 is 3.34. The fourth-order valence-corrected chi connectivity index (χ4v) is 5.27. The molecule has 1 unspecified atom stereocenters. The predicted molar refractivity (Wildman–Crippen MR) is 114 cm³/mol. The summed E-state index contributed by atoms with van der Waals surface area (Å²) in [5, 5.41) is 2.95. The average molecular weight is 483 g/mol. The molecule has 5 nitrogen and oxygen atoms in total. The van der Waals surface area contributed by atoms with E-state index in [0.29, 0.717) is 25.9 Å². The third-order valence-corrected chi connectivity index (χ3v) is 7.59. The van der Waals surface area contributed by atoms with Gasteiger partial charge in [0.25, 0.3) is 0 Å². The first-order valence-electron chi connectivity index (χ1n) is 9.53. The van der Waals surface area contributed by atoms with Crippen LogP contribution in [0.3, 0.4) is 0 Å². The monoisotopic (exact) mass is 482 g/mol. The maximum atomic E-state index is 13.0. The third-order valence-electron chi connectivity index (χ3n) is 5.21. The topological polar surface area (TPSA) is 66.5 Å². The molecule has 8 heteroatoms. The summed E-state index contributed by atoms with van der Waals surface area (Å²) in [5.74, 6) is -0.675. The van der Waals surface area contributed by atoms with Crippen molar-refractivity contribution in [3.8, 4) is 0 Å². The van der Waals surface area contributed by atoms with Crippen molar-refractivity contribution in [2.45, 2.75) is 31.6 Å². The van der Waals surface area contributed by atoms with E-state index in [1.165, 1.54) is 16.4 Å². The van der Waals surface area contributed by atoms with Crippen LogP contribution in [0.2, 0.25) is 0 Å². The maximum absolute atomic E-state index is 13.0. The molecule has 0 saturated carbocycles. The molecule has 1 N–H and O–H groups in total. The Morgan fingerprint density at radius 3 is 2.31 bits per heavy atom. The van der Waals surface area contributed by atoms with E-state index in [2.05, 4.69) is 21.2 Å². The SMILES string of the molecule is CC(NC(=O)C1CCN(S(=O)(=O)Cc2ccc(Br)cc2)CC1)c1ccc(F)cc1. The first-order valence-corrected chi connectivity index (χ1v) is 11.9. The van der Waals surface area contributed by atoms with Crippen molar-refractivity contribution in [3.05, 3.63) is 69.9 Å². The van der Waals surface area contributed by atoms with Crippen LogP contribution in [0.1, 0.15) is 36.9 Å². The number of nitrogens with one attached hydrogen (secondary N) is 1. The Labute approximate surface area is 179 Å². The predicted octanol–water partition coefficient (Wildman–Crippen LogP) is 4.01. The molecular weight excluding hydrogens is 459 g/mol. The van der Waals surface area contributed by atoms with Gasteiger partial charge in [0.05, 0.1) is 11.8 Å². The van der Waals surface area contributed by atoms with E-state index < -0.39 is 10.0 Å². The minimum Gasteiger partial charge on any atom is -0.349 e. The quantitative estimate of drug-likeness (QED) is 0.676. The lowest BCUT2D eigenvalue weighted by atomic mass is 9.96. The number of piperidine rings is 1. The van der Waals surface area contributed by atoms with Crippen molar-refractivity contribution >= 4 is 31.9 Å². The highest BCUT2D eigenvalue weighted by Crippen LogP contribution is 2.23. The van der Waals surface area contributed by atoms with Gasteiger partial charge in [0.2, 0.25) is 15.9 Å². The first kappa shape index (κ1) is 21.9. The highest BCUT2D eigenvalue weighted by atomic mass is 79.9. The number of amides is 1. The summed E-state index contributed by atoms with van der Waals surface area (Å²) in [7, 11) is -3.42. The second-order valence-electron chi connectivity index (χ2n) is 7.34. The fraction of sp³-hybridized carbons (Fsp3) is 0.381. The Hall–Kier alpha value is -1.77. The van der Waals surface area contributed by atoms with Crippen molar-refractivity contribution in [2.24, 2.45) is 5.92 Å². The van der Waals surface area contributed by atoms with Gasteiger partial charge >= 0.3 is 0 Å². The molecule has 0 aromatic heterocycles. The number of rotatable bonds is 6. The van der Waals surface area contributed by atoms with Crippen molar-refractivity contribution < 1.29 is 17.6 Å². The molecule has 1 fully saturated rings. The Balaban J connectivity index is 1.53. The van der Waals surface area contributed by atoms with E-state index in [1.807, 2.05) is 19.1 Å². The number of hydrogen-bond donors (Lipinski definition) is 1. The Bertz CT molecular complexity index is 941. The van der Waals surface area contributed by atoms with E-state index in [1.54, 1.807) is 24.3 Å². The molecule has 1 heterocycles. The molecular formula is C21H24BrFN2O3S. The summed E-state index contributed by atoms with van der Waals surface area (Å²) in [6, 6.07) is 13.0. The van der Waals surface area contributed by atoms with E-state index in [0.717, 1.165) is 15.6 Å². The van der Waals surface area contributed by atoms with Crippen LogP contribution < -0.4 is 5.32 Å². The minimum atomic E-state index is -3.42. The van der Waals surface area contributed by atoms with Gasteiger partial charge in [-0.15, -0.1) is 0 Å². The number of nitrogens with zero attached hydrogens (tertiary/aromatic N) is 1. The van der Waals surface area contributed by atoms with E-state index in [-0.39, 0.29) is 29.4 Å². The molecule has 3 rings (SSSR count). The van der Waals surface area contributed by atoms with Crippen LogP contribution >= 0.6 is 15.9 Å². The maximum Gasteiger partial charge on any atom is 0.223 e. The van der Waals surface area contributed by atoms with Gasteiger partial charge < -0.3 is 5.32 Å². The standard InChI is InChI=1S/C21H24BrFN2O3S/c1-15(17-4-8-20(23)9-5-17)24-21(26)18-10-12-25(13-11-18)29(27,28)14-16-2-6-19(22)7-3-16/h2-9,15,18H,10-14H2,1H3,(H,24,26). The van der Waals surface area contributed by atoms with Crippen LogP contribution in [0.5, 0.6) is 0 Å². The van der Waals surface area contributed by atoms with Gasteiger partial charge in [-0.05, 0) is 55.2 Å². The summed E-state index contributed by atoms with van der Waals surface area (Å²) in [4.78, 5) is 12.6. The highest BCUT2D eigenvalue weighted by Gasteiger charge is 2.31. The van der Waals surface area contributed by atoms with Gasteiger partial charge in [0, 0.05) is 23.5 Å². The minimum absolute atomic E-state index is 0.0429. The van der Waals surface area contributed by atoms with Crippen LogP contribution in [0, 0.1) is 11.7 Å². The molecule has 0 spiro atoms. The summed E-state index contributed by atoms with van der Waals surface area (Å²) < 4.78 is 40.8. The molecule has 29 heavy (non-hydrogen) atoms. The molecule has 1 amide bonds. The summed E-state index contributed by atoms with van der Waals surface area (Å²) in [6.45, 7) is 2.52. The molecule has 0 bridgehead atoms. The van der Waals surface area contributed by atoms with Crippen molar-refractivity contribution in [3.63, 3.8) is 0 Å². The van der Waals surface area contributed by atoms with Gasteiger partial charge in [-0.1, -0.05) is 40.2 Å². The number of carbonyl (C=O) groups excluding carboxylic acids is 1. The van der Waals surface area contributed by atoms with Crippen molar-refractivity contribution in [2.75, 3.05) is 13.1 Å². The van der Waals surface area contributed by atoms with Crippen LogP contribution in [0.4, 0.5) is 4.39 Å².